The number of nitrogens with zero attached hydrogens (tertiary/aromatic N) is 3. The molecule has 3 N–H and O–H groups in total. The Morgan fingerprint density at radius 1 is 1.73 bits per heavy atom. The molecule has 0 aliphatic carbocycles. The Labute approximate surface area is 85.7 Å². The van der Waals surface area contributed by atoms with Gasteiger partial charge in [0.1, 0.15) is 12.8 Å². The maximum Gasteiger partial charge on any atom is 0.370 e. The lowest BCUT2D eigenvalue weighted by atomic mass is 10.5. The first-order chi connectivity index (χ1) is 6.93. The average molecular weight is 216 g/mol. The van der Waals surface area contributed by atoms with E-state index >= 15 is 0 Å². The predicted molar refractivity (Wildman–Crippen MR) is 49.3 cm³/mol. The van der Waals surface area contributed by atoms with E-state index in [-0.39, 0.29) is 6.54 Å². The van der Waals surface area contributed by atoms with Crippen LogP contribution in [-0.2, 0) is 4.79 Å². The maximum atomic E-state index is 10.7. The van der Waals surface area contributed by atoms with Gasteiger partial charge in [-0.3, -0.25) is 24.7 Å². The Morgan fingerprint density at radius 3 is 2.73 bits per heavy atom. The molecule has 2 atom stereocenters. The highest BCUT2D eigenvalue weighted by Crippen LogP contribution is 2.17. The standard InChI is InChI=1S/C7H12N4O4/c1-5(12)10-3-2-9(4-6(8)13)7(10)11(14)15/h2-3,5,7,12H,4H2,1H3,(H2,8,13). The molecule has 0 radical (unpaired) electrons. The van der Waals surface area contributed by atoms with E-state index in [0.29, 0.717) is 0 Å². The predicted octanol–water partition coefficient (Wildman–Crippen LogP) is -1.54. The van der Waals surface area contributed by atoms with Gasteiger partial charge in [0.15, 0.2) is 0 Å². The molecule has 1 amide bonds. The van der Waals surface area contributed by atoms with Gasteiger partial charge in [0.2, 0.25) is 5.91 Å². The van der Waals surface area contributed by atoms with E-state index in [0.717, 1.165) is 9.80 Å². The van der Waals surface area contributed by atoms with Crippen LogP contribution in [0.5, 0.6) is 0 Å². The zero-order valence-corrected chi connectivity index (χ0v) is 8.11. The van der Waals surface area contributed by atoms with Crippen molar-refractivity contribution in [2.75, 3.05) is 6.54 Å². The molecule has 8 nitrogen and oxygen atoms in total. The fourth-order valence-corrected chi connectivity index (χ4v) is 1.35. The summed E-state index contributed by atoms with van der Waals surface area (Å²) in [5, 5.41) is 20.0. The van der Waals surface area contributed by atoms with Crippen LogP contribution in [-0.4, -0.2) is 44.8 Å². The Hall–Kier alpha value is -1.83. The molecule has 0 saturated carbocycles. The first-order valence-corrected chi connectivity index (χ1v) is 4.25. The highest BCUT2D eigenvalue weighted by atomic mass is 16.6. The number of hydrogen-bond donors (Lipinski definition) is 2. The summed E-state index contributed by atoms with van der Waals surface area (Å²) in [4.78, 5) is 23.0. The van der Waals surface area contributed by atoms with E-state index in [9.17, 15) is 20.0 Å². The van der Waals surface area contributed by atoms with Crippen LogP contribution in [0.3, 0.4) is 0 Å². The molecule has 84 valence electrons. The van der Waals surface area contributed by atoms with Crippen LogP contribution in [0, 0.1) is 10.1 Å². The van der Waals surface area contributed by atoms with Crippen molar-refractivity contribution in [3.63, 3.8) is 0 Å². The maximum absolute atomic E-state index is 10.7. The van der Waals surface area contributed by atoms with E-state index < -0.39 is 23.3 Å². The molecular weight excluding hydrogens is 204 g/mol. The highest BCUT2D eigenvalue weighted by Gasteiger charge is 2.38. The van der Waals surface area contributed by atoms with Gasteiger partial charge in [0.25, 0.3) is 0 Å². The minimum Gasteiger partial charge on any atom is -0.374 e. The number of rotatable bonds is 4. The molecule has 1 rings (SSSR count). The van der Waals surface area contributed by atoms with Gasteiger partial charge in [-0.15, -0.1) is 0 Å². The quantitative estimate of drug-likeness (QED) is 0.435. The number of aliphatic hydroxyl groups is 1. The lowest BCUT2D eigenvalue weighted by molar-refractivity contribution is -0.573. The number of carbonyl (C=O) groups excluding carboxylic acids is 1. The summed E-state index contributed by atoms with van der Waals surface area (Å²) < 4.78 is 0. The van der Waals surface area contributed by atoms with Gasteiger partial charge in [-0.2, -0.15) is 0 Å². The fourth-order valence-electron chi connectivity index (χ4n) is 1.35. The second-order valence-electron chi connectivity index (χ2n) is 3.15. The van der Waals surface area contributed by atoms with E-state index in [2.05, 4.69) is 0 Å². The number of nitrogens with two attached hydrogens (primary N) is 1. The van der Waals surface area contributed by atoms with Gasteiger partial charge in [0, 0.05) is 12.4 Å². The Balaban J connectivity index is 2.80. The van der Waals surface area contributed by atoms with Gasteiger partial charge in [-0.25, -0.2) is 0 Å². The zero-order valence-electron chi connectivity index (χ0n) is 8.11. The van der Waals surface area contributed by atoms with Crippen LogP contribution in [0.15, 0.2) is 12.4 Å². The minimum atomic E-state index is -1.28. The molecule has 1 aliphatic heterocycles. The molecule has 0 saturated heterocycles. The molecule has 1 aliphatic rings. The normalized spacial score (nSPS) is 21.9. The van der Waals surface area contributed by atoms with E-state index in [1.165, 1.54) is 19.3 Å². The summed E-state index contributed by atoms with van der Waals surface area (Å²) in [6, 6.07) is 0. The van der Waals surface area contributed by atoms with Crippen LogP contribution < -0.4 is 5.73 Å². The summed E-state index contributed by atoms with van der Waals surface area (Å²) in [6.07, 6.45) is 0.415. The van der Waals surface area contributed by atoms with Gasteiger partial charge >= 0.3 is 6.29 Å². The molecule has 0 spiro atoms. The van der Waals surface area contributed by atoms with Crippen molar-refractivity contribution in [2.45, 2.75) is 19.4 Å². The van der Waals surface area contributed by atoms with E-state index in [1.807, 2.05) is 0 Å². The molecule has 0 aromatic heterocycles. The van der Waals surface area contributed by atoms with Crippen molar-refractivity contribution in [3.8, 4) is 0 Å². The van der Waals surface area contributed by atoms with Gasteiger partial charge in [0.05, 0.1) is 4.92 Å². The first-order valence-electron chi connectivity index (χ1n) is 4.25. The van der Waals surface area contributed by atoms with Crippen molar-refractivity contribution in [1.29, 1.82) is 0 Å². The van der Waals surface area contributed by atoms with Crippen LogP contribution in [0.1, 0.15) is 6.92 Å². The van der Waals surface area contributed by atoms with Crippen LogP contribution in [0.25, 0.3) is 0 Å². The number of primary amides is 1. The van der Waals surface area contributed by atoms with Crippen molar-refractivity contribution >= 4 is 5.91 Å². The first kappa shape index (κ1) is 11.2. The zero-order chi connectivity index (χ0) is 11.6. The third kappa shape index (κ3) is 2.34. The lowest BCUT2D eigenvalue weighted by Crippen LogP contribution is -2.49. The van der Waals surface area contributed by atoms with Gasteiger partial charge in [-0.05, 0) is 6.92 Å². The number of amides is 1. The van der Waals surface area contributed by atoms with Crippen molar-refractivity contribution in [3.05, 3.63) is 22.5 Å². The van der Waals surface area contributed by atoms with Crippen LogP contribution in [0.4, 0.5) is 0 Å². The number of aliphatic hydroxyl groups excluding tert-OH is 1. The molecule has 0 bridgehead atoms. The Morgan fingerprint density at radius 2 is 2.33 bits per heavy atom. The second kappa shape index (κ2) is 4.13. The summed E-state index contributed by atoms with van der Waals surface area (Å²) in [5.74, 6) is -0.668. The van der Waals surface area contributed by atoms with E-state index in [4.69, 9.17) is 5.73 Å². The number of carbonyl (C=O) groups is 1. The second-order valence-corrected chi connectivity index (χ2v) is 3.15. The van der Waals surface area contributed by atoms with Crippen molar-refractivity contribution in [1.82, 2.24) is 9.80 Å². The molecule has 15 heavy (non-hydrogen) atoms. The summed E-state index contributed by atoms with van der Waals surface area (Å²) >= 11 is 0. The van der Waals surface area contributed by atoms with Crippen molar-refractivity contribution < 1.29 is 14.8 Å². The molecule has 8 heteroatoms. The molecule has 1 heterocycles. The third-order valence-electron chi connectivity index (χ3n) is 1.95. The summed E-state index contributed by atoms with van der Waals surface area (Å²) in [5.41, 5.74) is 4.94. The summed E-state index contributed by atoms with van der Waals surface area (Å²) in [7, 11) is 0. The minimum absolute atomic E-state index is 0.259. The third-order valence-corrected chi connectivity index (χ3v) is 1.95. The Bertz CT molecular complexity index is 303. The van der Waals surface area contributed by atoms with Crippen LogP contribution in [0.2, 0.25) is 0 Å². The average Bonchev–Trinajstić information content (AvgIpc) is 2.46. The van der Waals surface area contributed by atoms with E-state index in [1.54, 1.807) is 0 Å². The monoisotopic (exact) mass is 216 g/mol. The molecule has 2 unspecified atom stereocenters. The number of nitro groups is 1. The topological polar surface area (TPSA) is 113 Å². The smallest absolute Gasteiger partial charge is 0.370 e. The molecular formula is C7H12N4O4. The molecule has 0 aromatic rings. The van der Waals surface area contributed by atoms with Crippen molar-refractivity contribution in [2.24, 2.45) is 5.73 Å². The SMILES string of the molecule is CC(O)N1C=CN(CC(N)=O)C1[N+](=O)[O-]. The Kier molecular flexibility index (Phi) is 3.10. The van der Waals surface area contributed by atoms with Crippen LogP contribution >= 0.6 is 0 Å². The number of hydrogen-bond acceptors (Lipinski definition) is 6. The molecule has 0 aromatic carbocycles. The summed E-state index contributed by atoms with van der Waals surface area (Å²) in [6.45, 7) is 1.14. The lowest BCUT2D eigenvalue weighted by Gasteiger charge is -2.26. The largest absolute Gasteiger partial charge is 0.374 e. The molecule has 0 fully saturated rings. The van der Waals surface area contributed by atoms with Gasteiger partial charge in [-0.1, -0.05) is 0 Å². The highest BCUT2D eigenvalue weighted by molar-refractivity contribution is 5.76. The van der Waals surface area contributed by atoms with Gasteiger partial charge < -0.3 is 10.8 Å². The fraction of sp³-hybridized carbons (Fsp3) is 0.571.